The Morgan fingerprint density at radius 1 is 1.25 bits per heavy atom. The lowest BCUT2D eigenvalue weighted by Crippen LogP contribution is -2.47. The van der Waals surface area contributed by atoms with Gasteiger partial charge in [-0.25, -0.2) is 0 Å². The largest absolute Gasteiger partial charge is 0.383 e. The van der Waals surface area contributed by atoms with Gasteiger partial charge in [0.2, 0.25) is 0 Å². The molecule has 0 aliphatic carbocycles. The maximum atomic E-state index is 13.2. The Hall–Kier alpha value is -1.93. The van der Waals surface area contributed by atoms with Gasteiger partial charge in [0, 0.05) is 32.0 Å². The topological polar surface area (TPSA) is 87.5 Å². The number of hydrogen-bond acceptors (Lipinski definition) is 5. The Balaban J connectivity index is 0.00000181. The van der Waals surface area contributed by atoms with E-state index in [1.807, 2.05) is 31.2 Å². The van der Waals surface area contributed by atoms with E-state index in [2.05, 4.69) is 10.3 Å². The summed E-state index contributed by atoms with van der Waals surface area (Å²) in [5.74, 6) is 0.169. The van der Waals surface area contributed by atoms with E-state index in [0.717, 1.165) is 25.9 Å². The molecule has 2 aliphatic heterocycles. The molecule has 0 spiro atoms. The van der Waals surface area contributed by atoms with Crippen LogP contribution in [0.1, 0.15) is 47.3 Å². The molecule has 9 heteroatoms. The monoisotopic (exact) mass is 482 g/mol. The van der Waals surface area contributed by atoms with Crippen LogP contribution in [0, 0.1) is 12.8 Å². The van der Waals surface area contributed by atoms with Crippen LogP contribution >= 0.6 is 24.8 Å². The first-order valence-electron chi connectivity index (χ1n) is 10.8. The number of aromatic nitrogens is 2. The zero-order valence-corrected chi connectivity index (χ0v) is 20.0. The fraction of sp³-hybridized carbons (Fsp3) is 0.522. The Morgan fingerprint density at radius 2 is 2.00 bits per heavy atom. The zero-order valence-electron chi connectivity index (χ0n) is 18.3. The molecule has 7 nitrogen and oxygen atoms in total. The average molecular weight is 483 g/mol. The first-order chi connectivity index (χ1) is 14.5. The lowest BCUT2D eigenvalue weighted by atomic mass is 9.87. The molecule has 4 rings (SSSR count). The normalized spacial score (nSPS) is 20.1. The number of likely N-dealkylation sites (tertiary alicyclic amines) is 1. The van der Waals surface area contributed by atoms with Crippen molar-refractivity contribution in [2.45, 2.75) is 44.8 Å². The average Bonchev–Trinajstić information content (AvgIpc) is 2.77. The molecule has 0 aromatic carbocycles. The van der Waals surface area contributed by atoms with Crippen LogP contribution in [-0.4, -0.2) is 51.6 Å². The minimum Gasteiger partial charge on any atom is -0.383 e. The molecular formula is C23H32Cl2N4O3. The van der Waals surface area contributed by atoms with E-state index in [9.17, 15) is 14.7 Å². The first-order valence-corrected chi connectivity index (χ1v) is 10.8. The highest BCUT2D eigenvalue weighted by Gasteiger charge is 2.37. The second-order valence-corrected chi connectivity index (χ2v) is 8.58. The molecule has 2 saturated heterocycles. The number of nitrogens with zero attached hydrogens (tertiary/aromatic N) is 3. The maximum absolute atomic E-state index is 13.2. The lowest BCUT2D eigenvalue weighted by Gasteiger charge is -2.37. The van der Waals surface area contributed by atoms with Crippen molar-refractivity contribution in [2.75, 3.05) is 26.2 Å². The highest BCUT2D eigenvalue weighted by Crippen LogP contribution is 2.31. The molecular weight excluding hydrogens is 451 g/mol. The van der Waals surface area contributed by atoms with Crippen LogP contribution in [0.15, 0.2) is 41.5 Å². The summed E-state index contributed by atoms with van der Waals surface area (Å²) < 4.78 is 1.69. The summed E-state index contributed by atoms with van der Waals surface area (Å²) in [5, 5.41) is 14.4. The van der Waals surface area contributed by atoms with Crippen molar-refractivity contribution in [1.82, 2.24) is 19.8 Å². The molecule has 1 unspecified atom stereocenters. The van der Waals surface area contributed by atoms with E-state index in [1.54, 1.807) is 21.9 Å². The van der Waals surface area contributed by atoms with Gasteiger partial charge >= 0.3 is 0 Å². The SMILES string of the molecule is Cc1ccn(CC2CCCNC2)c(=O)c1C(=O)N1CCC(O)(c2ccccn2)CC1.Cl.Cl. The van der Waals surface area contributed by atoms with Crippen molar-refractivity contribution in [3.05, 3.63) is 63.8 Å². The van der Waals surface area contributed by atoms with Gasteiger partial charge in [-0.1, -0.05) is 6.07 Å². The van der Waals surface area contributed by atoms with Gasteiger partial charge in [-0.3, -0.25) is 14.6 Å². The van der Waals surface area contributed by atoms with Crippen LogP contribution in [0.2, 0.25) is 0 Å². The van der Waals surface area contributed by atoms with Gasteiger partial charge in [0.25, 0.3) is 11.5 Å². The third-order valence-corrected chi connectivity index (χ3v) is 6.46. The number of hydrogen-bond donors (Lipinski definition) is 2. The number of amides is 1. The fourth-order valence-electron chi connectivity index (χ4n) is 4.56. The number of piperidine rings is 2. The van der Waals surface area contributed by atoms with Gasteiger partial charge < -0.3 is 19.9 Å². The molecule has 2 aromatic rings. The van der Waals surface area contributed by atoms with E-state index in [0.29, 0.717) is 49.7 Å². The smallest absolute Gasteiger partial charge is 0.263 e. The summed E-state index contributed by atoms with van der Waals surface area (Å²) in [4.78, 5) is 32.3. The predicted octanol–water partition coefficient (Wildman–Crippen LogP) is 2.52. The summed E-state index contributed by atoms with van der Waals surface area (Å²) in [6.45, 7) is 5.17. The Bertz CT molecular complexity index is 953. The molecule has 2 N–H and O–H groups in total. The number of pyridine rings is 2. The van der Waals surface area contributed by atoms with Crippen molar-refractivity contribution >= 4 is 30.7 Å². The standard InChI is InChI=1S/C23H30N4O3.2ClH/c1-17-7-12-27(16-18-5-4-10-24-15-18)22(29)20(17)21(28)26-13-8-23(30,9-14-26)19-6-2-3-11-25-19;;/h2-3,6-7,11-12,18,24,30H,4-5,8-10,13-16H2,1H3;2*1H. The first kappa shape index (κ1) is 26.3. The van der Waals surface area contributed by atoms with Crippen molar-refractivity contribution in [3.8, 4) is 0 Å². The van der Waals surface area contributed by atoms with Crippen LogP contribution in [-0.2, 0) is 12.1 Å². The summed E-state index contributed by atoms with van der Waals surface area (Å²) in [6, 6.07) is 7.35. The predicted molar refractivity (Wildman–Crippen MR) is 129 cm³/mol. The van der Waals surface area contributed by atoms with Crippen molar-refractivity contribution in [3.63, 3.8) is 0 Å². The fourth-order valence-corrected chi connectivity index (χ4v) is 4.56. The van der Waals surface area contributed by atoms with Crippen LogP contribution in [0.3, 0.4) is 0 Å². The highest BCUT2D eigenvalue weighted by molar-refractivity contribution is 5.95. The highest BCUT2D eigenvalue weighted by atomic mass is 35.5. The Kier molecular flexibility index (Phi) is 9.28. The van der Waals surface area contributed by atoms with Crippen LogP contribution in [0.4, 0.5) is 0 Å². The third kappa shape index (κ3) is 5.52. The molecule has 0 radical (unpaired) electrons. The van der Waals surface area contributed by atoms with E-state index >= 15 is 0 Å². The van der Waals surface area contributed by atoms with E-state index in [1.165, 1.54) is 0 Å². The van der Waals surface area contributed by atoms with Gasteiger partial charge in [-0.2, -0.15) is 0 Å². The minimum atomic E-state index is -1.03. The number of halogens is 2. The van der Waals surface area contributed by atoms with E-state index < -0.39 is 5.60 Å². The molecule has 1 amide bonds. The van der Waals surface area contributed by atoms with Crippen molar-refractivity contribution in [1.29, 1.82) is 0 Å². The van der Waals surface area contributed by atoms with Gasteiger partial charge in [-0.15, -0.1) is 24.8 Å². The molecule has 0 bridgehead atoms. The number of carbonyl (C=O) groups is 1. The van der Waals surface area contributed by atoms with Gasteiger partial charge in [0.15, 0.2) is 0 Å². The van der Waals surface area contributed by atoms with Gasteiger partial charge in [0.1, 0.15) is 11.2 Å². The van der Waals surface area contributed by atoms with Crippen molar-refractivity contribution < 1.29 is 9.90 Å². The molecule has 1 atom stereocenters. The zero-order chi connectivity index (χ0) is 21.1. The summed E-state index contributed by atoms with van der Waals surface area (Å²) in [6.07, 6.45) is 6.49. The second-order valence-electron chi connectivity index (χ2n) is 8.58. The molecule has 2 aromatic heterocycles. The van der Waals surface area contributed by atoms with Gasteiger partial charge in [-0.05, 0) is 75.4 Å². The third-order valence-electron chi connectivity index (χ3n) is 6.46. The number of aliphatic hydroxyl groups is 1. The molecule has 32 heavy (non-hydrogen) atoms. The van der Waals surface area contributed by atoms with Crippen LogP contribution in [0.25, 0.3) is 0 Å². The molecule has 0 saturated carbocycles. The Morgan fingerprint density at radius 3 is 2.62 bits per heavy atom. The molecule has 2 aliphatic rings. The minimum absolute atomic E-state index is 0. The van der Waals surface area contributed by atoms with Crippen LogP contribution < -0.4 is 10.9 Å². The molecule has 4 heterocycles. The van der Waals surface area contributed by atoms with E-state index in [-0.39, 0.29) is 41.8 Å². The van der Waals surface area contributed by atoms with E-state index in [4.69, 9.17) is 0 Å². The van der Waals surface area contributed by atoms with Crippen LogP contribution in [0.5, 0.6) is 0 Å². The quantitative estimate of drug-likeness (QED) is 0.698. The molecule has 2 fully saturated rings. The Labute approximate surface area is 201 Å². The summed E-state index contributed by atoms with van der Waals surface area (Å²) >= 11 is 0. The number of aryl methyl sites for hydroxylation is 1. The maximum Gasteiger partial charge on any atom is 0.263 e. The summed E-state index contributed by atoms with van der Waals surface area (Å²) in [7, 11) is 0. The number of nitrogens with one attached hydrogen (secondary N) is 1. The van der Waals surface area contributed by atoms with Crippen molar-refractivity contribution in [2.24, 2.45) is 5.92 Å². The molecule has 176 valence electrons. The number of carbonyl (C=O) groups excluding carboxylic acids is 1. The summed E-state index contributed by atoms with van der Waals surface area (Å²) in [5.41, 5.74) is 0.350. The lowest BCUT2D eigenvalue weighted by molar-refractivity contribution is -0.0244. The second kappa shape index (κ2) is 11.3. The number of rotatable bonds is 4. The van der Waals surface area contributed by atoms with Gasteiger partial charge in [0.05, 0.1) is 5.69 Å².